The van der Waals surface area contributed by atoms with Crippen LogP contribution in [-0.4, -0.2) is 6.03 Å². The predicted octanol–water partition coefficient (Wildman–Crippen LogP) is 4.27. The van der Waals surface area contributed by atoms with Gasteiger partial charge in [-0.2, -0.15) is 0 Å². The van der Waals surface area contributed by atoms with Crippen LogP contribution < -0.4 is 10.6 Å². The monoisotopic (exact) mass is 286 g/mol. The molecule has 0 fully saturated rings. The molecule has 21 heavy (non-hydrogen) atoms. The number of amides is 2. The maximum absolute atomic E-state index is 12.9. The van der Waals surface area contributed by atoms with Crippen molar-refractivity contribution in [3.8, 4) is 0 Å². The fourth-order valence-electron chi connectivity index (χ4n) is 2.02. The molecular formula is C17H19FN2O. The lowest BCUT2D eigenvalue weighted by atomic mass is 10.1. The van der Waals surface area contributed by atoms with Gasteiger partial charge in [-0.3, -0.25) is 0 Å². The topological polar surface area (TPSA) is 41.1 Å². The summed E-state index contributed by atoms with van der Waals surface area (Å²) in [5.74, 6) is -0.286. The molecule has 0 unspecified atom stereocenters. The highest BCUT2D eigenvalue weighted by atomic mass is 19.1. The van der Waals surface area contributed by atoms with E-state index in [0.29, 0.717) is 0 Å². The lowest BCUT2D eigenvalue weighted by molar-refractivity contribution is 0.249. The molecule has 0 spiro atoms. The number of hydrogen-bond donors (Lipinski definition) is 2. The normalized spacial score (nSPS) is 11.8. The second-order valence-electron chi connectivity index (χ2n) is 4.92. The van der Waals surface area contributed by atoms with Gasteiger partial charge in [-0.1, -0.05) is 31.2 Å². The zero-order valence-corrected chi connectivity index (χ0v) is 12.2. The zero-order chi connectivity index (χ0) is 15.2. The summed E-state index contributed by atoms with van der Waals surface area (Å²) < 4.78 is 12.9. The van der Waals surface area contributed by atoms with Crippen LogP contribution in [0.25, 0.3) is 0 Å². The van der Waals surface area contributed by atoms with Gasteiger partial charge in [0.15, 0.2) is 0 Å². The van der Waals surface area contributed by atoms with Gasteiger partial charge in [-0.15, -0.1) is 0 Å². The molecule has 0 aromatic heterocycles. The molecule has 2 amide bonds. The van der Waals surface area contributed by atoms with Gasteiger partial charge < -0.3 is 10.6 Å². The van der Waals surface area contributed by atoms with Crippen LogP contribution in [0.1, 0.15) is 31.0 Å². The third-order valence-corrected chi connectivity index (χ3v) is 3.34. The Balaban J connectivity index is 1.92. The molecule has 0 heterocycles. The van der Waals surface area contributed by atoms with Crippen molar-refractivity contribution in [2.75, 3.05) is 5.32 Å². The van der Waals surface area contributed by atoms with Gasteiger partial charge in [0.2, 0.25) is 0 Å². The van der Waals surface area contributed by atoms with Crippen LogP contribution in [0.2, 0.25) is 0 Å². The van der Waals surface area contributed by atoms with Crippen LogP contribution in [0.4, 0.5) is 14.9 Å². The maximum atomic E-state index is 12.9. The van der Waals surface area contributed by atoms with E-state index in [9.17, 15) is 9.18 Å². The summed E-state index contributed by atoms with van der Waals surface area (Å²) in [6.07, 6.45) is 0.966. The Kier molecular flexibility index (Phi) is 4.93. The number of halogens is 1. The quantitative estimate of drug-likeness (QED) is 0.865. The Hall–Kier alpha value is -2.36. The van der Waals surface area contributed by atoms with Gasteiger partial charge in [0.25, 0.3) is 0 Å². The summed E-state index contributed by atoms with van der Waals surface area (Å²) in [6.45, 7) is 3.94. The van der Waals surface area contributed by atoms with Crippen molar-refractivity contribution in [1.82, 2.24) is 5.32 Å². The van der Waals surface area contributed by atoms with Crippen molar-refractivity contribution in [2.45, 2.75) is 26.3 Å². The summed E-state index contributed by atoms with van der Waals surface area (Å²) >= 11 is 0. The molecule has 110 valence electrons. The third-order valence-electron chi connectivity index (χ3n) is 3.34. The van der Waals surface area contributed by atoms with Crippen LogP contribution in [0.5, 0.6) is 0 Å². The van der Waals surface area contributed by atoms with E-state index in [0.717, 1.165) is 17.7 Å². The molecule has 0 radical (unpaired) electrons. The molecule has 0 aliphatic heterocycles. The molecule has 0 bridgehead atoms. The molecule has 0 saturated heterocycles. The number of rotatable bonds is 4. The zero-order valence-electron chi connectivity index (χ0n) is 12.2. The van der Waals surface area contributed by atoms with Crippen LogP contribution in [0.3, 0.4) is 0 Å². The van der Waals surface area contributed by atoms with E-state index in [1.807, 2.05) is 31.2 Å². The molecule has 0 aliphatic rings. The van der Waals surface area contributed by atoms with E-state index < -0.39 is 0 Å². The van der Waals surface area contributed by atoms with Crippen molar-refractivity contribution in [3.05, 3.63) is 65.5 Å². The number of benzene rings is 2. The van der Waals surface area contributed by atoms with Crippen molar-refractivity contribution in [3.63, 3.8) is 0 Å². The number of urea groups is 1. The first kappa shape index (κ1) is 15.0. The van der Waals surface area contributed by atoms with E-state index in [1.165, 1.54) is 17.7 Å². The van der Waals surface area contributed by atoms with E-state index >= 15 is 0 Å². The largest absolute Gasteiger partial charge is 0.331 e. The Labute approximate surface area is 124 Å². The number of carbonyl (C=O) groups excluding carboxylic acids is 1. The predicted molar refractivity (Wildman–Crippen MR) is 82.8 cm³/mol. The van der Waals surface area contributed by atoms with E-state index in [2.05, 4.69) is 17.6 Å². The SMILES string of the molecule is CCc1ccc(NC(=O)N[C@H](C)c2ccc(F)cc2)cc1. The number of carbonyl (C=O) groups is 1. The number of hydrogen-bond acceptors (Lipinski definition) is 1. The van der Waals surface area contributed by atoms with E-state index in [1.54, 1.807) is 12.1 Å². The lowest BCUT2D eigenvalue weighted by Crippen LogP contribution is -2.31. The van der Waals surface area contributed by atoms with Crippen molar-refractivity contribution in [2.24, 2.45) is 0 Å². The highest BCUT2D eigenvalue weighted by Crippen LogP contribution is 2.14. The van der Waals surface area contributed by atoms with Crippen LogP contribution >= 0.6 is 0 Å². The molecule has 0 saturated carbocycles. The fourth-order valence-corrected chi connectivity index (χ4v) is 2.02. The molecule has 0 aliphatic carbocycles. The molecule has 2 aromatic rings. The first-order valence-electron chi connectivity index (χ1n) is 7.00. The maximum Gasteiger partial charge on any atom is 0.319 e. The molecule has 2 aromatic carbocycles. The Morgan fingerprint density at radius 1 is 1.10 bits per heavy atom. The minimum Gasteiger partial charge on any atom is -0.331 e. The molecule has 4 heteroatoms. The van der Waals surface area contributed by atoms with Gasteiger partial charge in [0.05, 0.1) is 6.04 Å². The van der Waals surface area contributed by atoms with E-state index in [4.69, 9.17) is 0 Å². The molecule has 3 nitrogen and oxygen atoms in total. The standard InChI is InChI=1S/C17H19FN2O/c1-3-13-4-10-16(11-5-13)20-17(21)19-12(2)14-6-8-15(18)9-7-14/h4-12H,3H2,1-2H3,(H2,19,20,21)/t12-/m1/s1. The first-order valence-corrected chi connectivity index (χ1v) is 7.00. The second-order valence-corrected chi connectivity index (χ2v) is 4.92. The van der Waals surface area contributed by atoms with E-state index in [-0.39, 0.29) is 17.9 Å². The summed E-state index contributed by atoms with van der Waals surface area (Å²) in [5, 5.41) is 5.60. The van der Waals surface area contributed by atoms with Crippen LogP contribution in [0, 0.1) is 5.82 Å². The highest BCUT2D eigenvalue weighted by Gasteiger charge is 2.09. The molecule has 2 N–H and O–H groups in total. The van der Waals surface area contributed by atoms with Gasteiger partial charge in [-0.25, -0.2) is 9.18 Å². The van der Waals surface area contributed by atoms with Gasteiger partial charge in [0.1, 0.15) is 5.82 Å². The Morgan fingerprint density at radius 2 is 1.71 bits per heavy atom. The Bertz CT molecular complexity index is 593. The molecular weight excluding hydrogens is 267 g/mol. The third kappa shape index (κ3) is 4.31. The first-order chi connectivity index (χ1) is 10.1. The minimum atomic E-state index is -0.286. The lowest BCUT2D eigenvalue weighted by Gasteiger charge is -2.15. The van der Waals surface area contributed by atoms with Crippen LogP contribution in [-0.2, 0) is 6.42 Å². The smallest absolute Gasteiger partial charge is 0.319 e. The van der Waals surface area contributed by atoms with Gasteiger partial charge in [0, 0.05) is 5.69 Å². The number of aryl methyl sites for hydroxylation is 1. The average molecular weight is 286 g/mol. The molecule has 2 rings (SSSR count). The molecule has 1 atom stereocenters. The number of anilines is 1. The average Bonchev–Trinajstić information content (AvgIpc) is 2.48. The summed E-state index contributed by atoms with van der Waals surface area (Å²) in [5.41, 5.74) is 2.82. The summed E-state index contributed by atoms with van der Waals surface area (Å²) in [6, 6.07) is 13.3. The van der Waals surface area contributed by atoms with Crippen molar-refractivity contribution in [1.29, 1.82) is 0 Å². The van der Waals surface area contributed by atoms with Gasteiger partial charge in [-0.05, 0) is 48.7 Å². The van der Waals surface area contributed by atoms with Crippen molar-refractivity contribution < 1.29 is 9.18 Å². The van der Waals surface area contributed by atoms with Crippen LogP contribution in [0.15, 0.2) is 48.5 Å². The summed E-state index contributed by atoms with van der Waals surface area (Å²) in [4.78, 5) is 11.9. The fraction of sp³-hybridized carbons (Fsp3) is 0.235. The number of nitrogens with one attached hydrogen (secondary N) is 2. The minimum absolute atomic E-state index is 0.194. The highest BCUT2D eigenvalue weighted by molar-refractivity contribution is 5.89. The second kappa shape index (κ2) is 6.88. The Morgan fingerprint density at radius 3 is 2.29 bits per heavy atom. The van der Waals surface area contributed by atoms with Crippen molar-refractivity contribution >= 4 is 11.7 Å². The van der Waals surface area contributed by atoms with Gasteiger partial charge >= 0.3 is 6.03 Å². The summed E-state index contributed by atoms with van der Waals surface area (Å²) in [7, 11) is 0.